The molecule has 0 aromatic heterocycles. The summed E-state index contributed by atoms with van der Waals surface area (Å²) in [5, 5.41) is 0. The number of carbonyl (C=O) groups is 1. The highest BCUT2D eigenvalue weighted by molar-refractivity contribution is 9.10. The van der Waals surface area contributed by atoms with Crippen LogP contribution in [0.2, 0.25) is 0 Å². The fourth-order valence-corrected chi connectivity index (χ4v) is 3.36. The molecule has 0 aliphatic heterocycles. The summed E-state index contributed by atoms with van der Waals surface area (Å²) < 4.78 is 13.6. The first kappa shape index (κ1) is 13.7. The lowest BCUT2D eigenvalue weighted by molar-refractivity contribution is 0.0861. The van der Waals surface area contributed by atoms with E-state index in [0.29, 0.717) is 16.0 Å². The Hall–Kier alpha value is -0.700. The number of halogens is 2. The number of carbonyl (C=O) groups excluding carboxylic acids is 1. The van der Waals surface area contributed by atoms with Crippen LogP contribution < -0.4 is 0 Å². The molecule has 0 spiro atoms. The molecule has 1 aromatic rings. The molecule has 2 unspecified atom stereocenters. The van der Waals surface area contributed by atoms with Gasteiger partial charge in [-0.15, -0.1) is 0 Å². The number of ketones is 1. The van der Waals surface area contributed by atoms with E-state index in [9.17, 15) is 9.18 Å². The van der Waals surface area contributed by atoms with E-state index in [-0.39, 0.29) is 17.5 Å². The van der Waals surface area contributed by atoms with Crippen LogP contribution in [-0.2, 0) is 0 Å². The fourth-order valence-electron chi connectivity index (χ4n) is 2.81. The molecule has 1 saturated carbocycles. The smallest absolute Gasteiger partial charge is 0.167 e. The van der Waals surface area contributed by atoms with Crippen molar-refractivity contribution in [2.45, 2.75) is 39.0 Å². The Morgan fingerprint density at radius 2 is 2.22 bits per heavy atom. The van der Waals surface area contributed by atoms with Crippen LogP contribution in [0.25, 0.3) is 0 Å². The highest BCUT2D eigenvalue weighted by atomic mass is 79.9. The molecule has 1 aliphatic rings. The second-order valence-corrected chi connectivity index (χ2v) is 5.98. The van der Waals surface area contributed by atoms with E-state index in [2.05, 4.69) is 22.9 Å². The highest BCUT2D eigenvalue weighted by Crippen LogP contribution is 2.34. The van der Waals surface area contributed by atoms with E-state index in [1.54, 1.807) is 6.07 Å². The SMILES string of the molecule is CCC1CCCC(C(=O)c2ccc(F)cc2Br)C1. The van der Waals surface area contributed by atoms with Gasteiger partial charge < -0.3 is 0 Å². The molecule has 0 amide bonds. The minimum absolute atomic E-state index is 0.116. The fraction of sp³-hybridized carbons (Fsp3) is 0.533. The average Bonchev–Trinajstić information content (AvgIpc) is 2.38. The van der Waals surface area contributed by atoms with Crippen LogP contribution in [-0.4, -0.2) is 5.78 Å². The molecule has 3 heteroatoms. The van der Waals surface area contributed by atoms with E-state index in [1.807, 2.05) is 0 Å². The van der Waals surface area contributed by atoms with Gasteiger partial charge in [-0.1, -0.05) is 26.2 Å². The van der Waals surface area contributed by atoms with Crippen LogP contribution in [0.1, 0.15) is 49.4 Å². The average molecular weight is 313 g/mol. The van der Waals surface area contributed by atoms with E-state index < -0.39 is 0 Å². The molecule has 98 valence electrons. The quantitative estimate of drug-likeness (QED) is 0.719. The predicted octanol–water partition coefficient (Wildman–Crippen LogP) is 4.99. The van der Waals surface area contributed by atoms with Crippen molar-refractivity contribution in [1.29, 1.82) is 0 Å². The number of rotatable bonds is 3. The first-order chi connectivity index (χ1) is 8.61. The summed E-state index contributed by atoms with van der Waals surface area (Å²) in [6.45, 7) is 2.19. The van der Waals surface area contributed by atoms with Gasteiger partial charge in [-0.25, -0.2) is 4.39 Å². The van der Waals surface area contributed by atoms with Crippen molar-refractivity contribution in [1.82, 2.24) is 0 Å². The third-order valence-corrected chi connectivity index (χ3v) is 4.58. The van der Waals surface area contributed by atoms with Gasteiger partial charge in [-0.2, -0.15) is 0 Å². The van der Waals surface area contributed by atoms with Crippen molar-refractivity contribution in [2.75, 3.05) is 0 Å². The van der Waals surface area contributed by atoms with Gasteiger partial charge in [-0.3, -0.25) is 4.79 Å². The van der Waals surface area contributed by atoms with E-state index in [4.69, 9.17) is 0 Å². The van der Waals surface area contributed by atoms with Gasteiger partial charge in [0.2, 0.25) is 0 Å². The summed E-state index contributed by atoms with van der Waals surface area (Å²) in [4.78, 5) is 12.4. The first-order valence-electron chi connectivity index (χ1n) is 6.61. The molecule has 0 N–H and O–H groups in total. The predicted molar refractivity (Wildman–Crippen MR) is 74.2 cm³/mol. The summed E-state index contributed by atoms with van der Waals surface area (Å²) in [7, 11) is 0. The highest BCUT2D eigenvalue weighted by Gasteiger charge is 2.28. The molecule has 0 saturated heterocycles. The van der Waals surface area contributed by atoms with Crippen LogP contribution in [0.5, 0.6) is 0 Å². The lowest BCUT2D eigenvalue weighted by atomic mass is 9.77. The van der Waals surface area contributed by atoms with Crippen LogP contribution in [0.4, 0.5) is 4.39 Å². The van der Waals surface area contributed by atoms with Crippen molar-refractivity contribution in [3.8, 4) is 0 Å². The minimum Gasteiger partial charge on any atom is -0.294 e. The zero-order valence-corrected chi connectivity index (χ0v) is 12.2. The van der Waals surface area contributed by atoms with Gasteiger partial charge in [0.1, 0.15) is 5.82 Å². The Labute approximate surface area is 116 Å². The normalized spacial score (nSPS) is 23.9. The van der Waals surface area contributed by atoms with E-state index in [1.165, 1.54) is 18.6 Å². The molecule has 2 rings (SSSR count). The summed E-state index contributed by atoms with van der Waals surface area (Å²) >= 11 is 3.29. The molecule has 18 heavy (non-hydrogen) atoms. The maximum Gasteiger partial charge on any atom is 0.167 e. The minimum atomic E-state index is -0.312. The zero-order chi connectivity index (χ0) is 13.1. The molecule has 0 bridgehead atoms. The molecule has 1 fully saturated rings. The monoisotopic (exact) mass is 312 g/mol. The third-order valence-electron chi connectivity index (χ3n) is 3.93. The van der Waals surface area contributed by atoms with Crippen molar-refractivity contribution in [2.24, 2.45) is 11.8 Å². The van der Waals surface area contributed by atoms with E-state index in [0.717, 1.165) is 25.7 Å². The maximum atomic E-state index is 13.0. The van der Waals surface area contributed by atoms with Crippen LogP contribution in [0.3, 0.4) is 0 Å². The molecule has 0 heterocycles. The van der Waals surface area contributed by atoms with Gasteiger partial charge in [0.05, 0.1) is 0 Å². The number of benzene rings is 1. The Morgan fingerprint density at radius 1 is 1.44 bits per heavy atom. The van der Waals surface area contributed by atoms with Gasteiger partial charge in [0, 0.05) is 16.0 Å². The summed E-state index contributed by atoms with van der Waals surface area (Å²) in [6, 6.07) is 4.32. The summed E-state index contributed by atoms with van der Waals surface area (Å²) in [5.74, 6) is 0.644. The van der Waals surface area contributed by atoms with Crippen molar-refractivity contribution in [3.05, 3.63) is 34.1 Å². The Kier molecular flexibility index (Phi) is 4.55. The largest absolute Gasteiger partial charge is 0.294 e. The van der Waals surface area contributed by atoms with Crippen LogP contribution in [0, 0.1) is 17.7 Å². The van der Waals surface area contributed by atoms with Crippen LogP contribution >= 0.6 is 15.9 Å². The van der Waals surface area contributed by atoms with Crippen molar-refractivity contribution >= 4 is 21.7 Å². The van der Waals surface area contributed by atoms with E-state index >= 15 is 0 Å². The van der Waals surface area contributed by atoms with Crippen molar-refractivity contribution < 1.29 is 9.18 Å². The third kappa shape index (κ3) is 3.00. The lowest BCUT2D eigenvalue weighted by Gasteiger charge is -2.27. The van der Waals surface area contributed by atoms with Crippen molar-refractivity contribution in [3.63, 3.8) is 0 Å². The Morgan fingerprint density at radius 3 is 2.89 bits per heavy atom. The zero-order valence-electron chi connectivity index (χ0n) is 10.6. The van der Waals surface area contributed by atoms with Gasteiger partial charge >= 0.3 is 0 Å². The first-order valence-corrected chi connectivity index (χ1v) is 7.40. The lowest BCUT2D eigenvalue weighted by Crippen LogP contribution is -2.23. The maximum absolute atomic E-state index is 13.0. The van der Waals surface area contributed by atoms with Crippen LogP contribution in [0.15, 0.2) is 22.7 Å². The number of Topliss-reactive ketones (excluding diaryl/α,β-unsaturated/α-hetero) is 1. The van der Waals surface area contributed by atoms with Gasteiger partial charge in [0.15, 0.2) is 5.78 Å². The molecule has 1 nitrogen and oxygen atoms in total. The second kappa shape index (κ2) is 5.96. The molecule has 1 aliphatic carbocycles. The number of hydrogen-bond donors (Lipinski definition) is 0. The summed E-state index contributed by atoms with van der Waals surface area (Å²) in [6.07, 6.45) is 5.48. The second-order valence-electron chi connectivity index (χ2n) is 5.13. The molecule has 0 radical (unpaired) electrons. The summed E-state index contributed by atoms with van der Waals surface area (Å²) in [5.41, 5.74) is 0.623. The molecule has 1 aromatic carbocycles. The molecular formula is C15H18BrFO. The van der Waals surface area contributed by atoms with Gasteiger partial charge in [-0.05, 0) is 52.9 Å². The molecular weight excluding hydrogens is 295 g/mol. The standard InChI is InChI=1S/C15H18BrFO/c1-2-10-4-3-5-11(8-10)15(18)13-7-6-12(17)9-14(13)16/h6-7,9-11H,2-5,8H2,1H3. The number of hydrogen-bond acceptors (Lipinski definition) is 1. The topological polar surface area (TPSA) is 17.1 Å². The Balaban J connectivity index is 2.15. The van der Waals surface area contributed by atoms with Gasteiger partial charge in [0.25, 0.3) is 0 Å². The molecule has 2 atom stereocenters. The Bertz CT molecular complexity index is 444.